The van der Waals surface area contributed by atoms with Gasteiger partial charge in [0, 0.05) is 29.3 Å². The van der Waals surface area contributed by atoms with Crippen molar-refractivity contribution in [3.63, 3.8) is 0 Å². The quantitative estimate of drug-likeness (QED) is 0.650. The molecule has 116 valence electrons. The van der Waals surface area contributed by atoms with Gasteiger partial charge >= 0.3 is 0 Å². The average Bonchev–Trinajstić information content (AvgIpc) is 2.60. The van der Waals surface area contributed by atoms with Crippen molar-refractivity contribution in [2.45, 2.75) is 32.6 Å². The van der Waals surface area contributed by atoms with Gasteiger partial charge in [-0.15, -0.1) is 0 Å². The van der Waals surface area contributed by atoms with Gasteiger partial charge in [-0.05, 0) is 43.2 Å². The third-order valence-corrected chi connectivity index (χ3v) is 3.78. The van der Waals surface area contributed by atoms with Crippen LogP contribution in [0.5, 0.6) is 0 Å². The van der Waals surface area contributed by atoms with E-state index in [9.17, 15) is 4.79 Å². The second-order valence-electron chi connectivity index (χ2n) is 5.58. The standard InChI is InChI=1S/C19H19N3O/c1-2-3-5-15-6-4-7-16(22-15)13-19(23)14-8-9-17-18(12-14)21-11-10-20-17/h4,6-12H,2-3,5,13H2,1H3. The van der Waals surface area contributed by atoms with Crippen LogP contribution in [-0.2, 0) is 12.8 Å². The molecule has 0 aliphatic rings. The van der Waals surface area contributed by atoms with Crippen LogP contribution in [0.15, 0.2) is 48.8 Å². The first-order chi connectivity index (χ1) is 11.3. The number of benzene rings is 1. The van der Waals surface area contributed by atoms with Crippen LogP contribution in [0.4, 0.5) is 0 Å². The Morgan fingerprint density at radius 2 is 1.78 bits per heavy atom. The molecule has 1 aromatic carbocycles. The third kappa shape index (κ3) is 3.77. The average molecular weight is 305 g/mol. The SMILES string of the molecule is CCCCc1cccc(CC(=O)c2ccc3nccnc3c2)n1. The van der Waals surface area contributed by atoms with E-state index in [0.717, 1.165) is 41.7 Å². The molecule has 0 amide bonds. The number of hydrogen-bond donors (Lipinski definition) is 0. The maximum Gasteiger partial charge on any atom is 0.168 e. The predicted molar refractivity (Wildman–Crippen MR) is 90.4 cm³/mol. The van der Waals surface area contributed by atoms with Gasteiger partial charge in [0.15, 0.2) is 5.78 Å². The summed E-state index contributed by atoms with van der Waals surface area (Å²) >= 11 is 0. The molecular weight excluding hydrogens is 286 g/mol. The summed E-state index contributed by atoms with van der Waals surface area (Å²) in [5.74, 6) is 0.0534. The number of nitrogens with zero attached hydrogens (tertiary/aromatic N) is 3. The monoisotopic (exact) mass is 305 g/mol. The minimum absolute atomic E-state index is 0.0534. The van der Waals surface area contributed by atoms with Crippen molar-refractivity contribution in [1.29, 1.82) is 0 Å². The molecule has 0 saturated heterocycles. The number of carbonyl (C=O) groups is 1. The number of pyridine rings is 1. The second kappa shape index (κ2) is 7.09. The van der Waals surface area contributed by atoms with Crippen LogP contribution < -0.4 is 0 Å². The third-order valence-electron chi connectivity index (χ3n) is 3.78. The Morgan fingerprint density at radius 1 is 1.00 bits per heavy atom. The number of aryl methyl sites for hydroxylation is 1. The van der Waals surface area contributed by atoms with E-state index in [4.69, 9.17) is 0 Å². The Morgan fingerprint density at radius 3 is 2.61 bits per heavy atom. The van der Waals surface area contributed by atoms with Gasteiger partial charge in [-0.2, -0.15) is 0 Å². The summed E-state index contributed by atoms with van der Waals surface area (Å²) in [6.45, 7) is 2.16. The lowest BCUT2D eigenvalue weighted by atomic mass is 10.0. The molecule has 0 unspecified atom stereocenters. The van der Waals surface area contributed by atoms with Crippen LogP contribution in [0.25, 0.3) is 11.0 Å². The van der Waals surface area contributed by atoms with E-state index in [1.807, 2.05) is 24.3 Å². The highest BCUT2D eigenvalue weighted by atomic mass is 16.1. The van der Waals surface area contributed by atoms with Gasteiger partial charge < -0.3 is 0 Å². The van der Waals surface area contributed by atoms with Crippen molar-refractivity contribution in [1.82, 2.24) is 15.0 Å². The van der Waals surface area contributed by atoms with E-state index in [1.165, 1.54) is 0 Å². The number of carbonyl (C=O) groups excluding carboxylic acids is 1. The molecule has 0 bridgehead atoms. The topological polar surface area (TPSA) is 55.7 Å². The molecule has 0 fully saturated rings. The molecular formula is C19H19N3O. The van der Waals surface area contributed by atoms with Crippen molar-refractivity contribution in [2.24, 2.45) is 0 Å². The van der Waals surface area contributed by atoms with Crippen LogP contribution in [0.3, 0.4) is 0 Å². The number of rotatable bonds is 6. The van der Waals surface area contributed by atoms with Crippen molar-refractivity contribution in [3.8, 4) is 0 Å². The number of aromatic nitrogens is 3. The van der Waals surface area contributed by atoms with Gasteiger partial charge in [-0.25, -0.2) is 0 Å². The Labute approximate surface area is 135 Å². The number of fused-ring (bicyclic) bond motifs is 1. The van der Waals surface area contributed by atoms with Crippen molar-refractivity contribution < 1.29 is 4.79 Å². The zero-order chi connectivity index (χ0) is 16.1. The molecule has 0 saturated carbocycles. The van der Waals surface area contributed by atoms with Crippen LogP contribution in [0.1, 0.15) is 41.5 Å². The van der Waals surface area contributed by atoms with Gasteiger partial charge in [0.05, 0.1) is 17.5 Å². The summed E-state index contributed by atoms with van der Waals surface area (Å²) in [7, 11) is 0. The first-order valence-corrected chi connectivity index (χ1v) is 7.95. The lowest BCUT2D eigenvalue weighted by Gasteiger charge is -2.05. The molecule has 3 rings (SSSR count). The summed E-state index contributed by atoms with van der Waals surface area (Å²) in [6.07, 6.45) is 6.82. The van der Waals surface area contributed by atoms with Crippen molar-refractivity contribution in [2.75, 3.05) is 0 Å². The summed E-state index contributed by atoms with van der Waals surface area (Å²) in [6, 6.07) is 11.3. The Hall–Kier alpha value is -2.62. The fourth-order valence-electron chi connectivity index (χ4n) is 2.53. The molecule has 3 aromatic rings. The molecule has 0 radical (unpaired) electrons. The Balaban J connectivity index is 1.77. The molecule has 23 heavy (non-hydrogen) atoms. The number of Topliss-reactive ketones (excluding diaryl/α,β-unsaturated/α-hetero) is 1. The van der Waals surface area contributed by atoms with Gasteiger partial charge in [0.1, 0.15) is 0 Å². The molecule has 0 aliphatic heterocycles. The van der Waals surface area contributed by atoms with Crippen LogP contribution in [-0.4, -0.2) is 20.7 Å². The van der Waals surface area contributed by atoms with E-state index in [0.29, 0.717) is 12.0 Å². The minimum atomic E-state index is 0.0534. The Kier molecular flexibility index (Phi) is 4.71. The van der Waals surface area contributed by atoms with Crippen LogP contribution >= 0.6 is 0 Å². The smallest absolute Gasteiger partial charge is 0.168 e. The van der Waals surface area contributed by atoms with E-state index in [1.54, 1.807) is 24.5 Å². The molecule has 2 heterocycles. The molecule has 0 atom stereocenters. The Bertz CT molecular complexity index is 829. The fourth-order valence-corrected chi connectivity index (χ4v) is 2.53. The van der Waals surface area contributed by atoms with Gasteiger partial charge in [0.2, 0.25) is 0 Å². The van der Waals surface area contributed by atoms with E-state index < -0.39 is 0 Å². The van der Waals surface area contributed by atoms with Crippen LogP contribution in [0.2, 0.25) is 0 Å². The van der Waals surface area contributed by atoms with Gasteiger partial charge in [-0.1, -0.05) is 19.4 Å². The summed E-state index contributed by atoms with van der Waals surface area (Å²) in [5, 5.41) is 0. The summed E-state index contributed by atoms with van der Waals surface area (Å²) in [4.78, 5) is 25.6. The van der Waals surface area contributed by atoms with Gasteiger partial charge in [-0.3, -0.25) is 19.7 Å². The number of hydrogen-bond acceptors (Lipinski definition) is 4. The fraction of sp³-hybridized carbons (Fsp3) is 0.263. The highest BCUT2D eigenvalue weighted by Gasteiger charge is 2.10. The lowest BCUT2D eigenvalue weighted by Crippen LogP contribution is -2.06. The number of ketones is 1. The summed E-state index contributed by atoms with van der Waals surface area (Å²) in [5.41, 5.74) is 4.06. The first-order valence-electron chi connectivity index (χ1n) is 7.95. The molecule has 2 aromatic heterocycles. The second-order valence-corrected chi connectivity index (χ2v) is 5.58. The lowest BCUT2D eigenvalue weighted by molar-refractivity contribution is 0.0992. The van der Waals surface area contributed by atoms with Crippen molar-refractivity contribution >= 4 is 16.8 Å². The highest BCUT2D eigenvalue weighted by Crippen LogP contribution is 2.13. The van der Waals surface area contributed by atoms with Gasteiger partial charge in [0.25, 0.3) is 0 Å². The van der Waals surface area contributed by atoms with Crippen LogP contribution in [0, 0.1) is 0 Å². The first kappa shape index (κ1) is 15.3. The predicted octanol–water partition coefficient (Wildman–Crippen LogP) is 3.79. The molecule has 0 N–H and O–H groups in total. The normalized spacial score (nSPS) is 10.8. The number of unbranched alkanes of at least 4 members (excludes halogenated alkanes) is 1. The van der Waals surface area contributed by atoms with E-state index >= 15 is 0 Å². The summed E-state index contributed by atoms with van der Waals surface area (Å²) < 4.78 is 0. The maximum atomic E-state index is 12.5. The minimum Gasteiger partial charge on any atom is -0.294 e. The molecule has 0 spiro atoms. The molecule has 4 nitrogen and oxygen atoms in total. The zero-order valence-electron chi connectivity index (χ0n) is 13.2. The molecule has 4 heteroatoms. The largest absolute Gasteiger partial charge is 0.294 e. The maximum absolute atomic E-state index is 12.5. The van der Waals surface area contributed by atoms with E-state index in [2.05, 4.69) is 21.9 Å². The van der Waals surface area contributed by atoms with E-state index in [-0.39, 0.29) is 5.78 Å². The highest BCUT2D eigenvalue weighted by molar-refractivity contribution is 5.99. The molecule has 0 aliphatic carbocycles. The zero-order valence-corrected chi connectivity index (χ0v) is 13.2. The van der Waals surface area contributed by atoms with Crippen molar-refractivity contribution in [3.05, 3.63) is 65.7 Å².